The van der Waals surface area contributed by atoms with Crippen LogP contribution in [0.25, 0.3) is 0 Å². The summed E-state index contributed by atoms with van der Waals surface area (Å²) in [5.74, 6) is 1.89. The van der Waals surface area contributed by atoms with E-state index in [2.05, 4.69) is 39.1 Å². The quantitative estimate of drug-likeness (QED) is 0.773. The number of nitrogens with zero attached hydrogens (tertiary/aromatic N) is 6. The number of amides is 1. The third-order valence-corrected chi connectivity index (χ3v) is 5.66. The number of methoxy groups -OCH3 is 1. The molecule has 4 rings (SSSR count). The molecule has 2 aliphatic heterocycles. The summed E-state index contributed by atoms with van der Waals surface area (Å²) in [4.78, 5) is 24.2. The summed E-state index contributed by atoms with van der Waals surface area (Å²) in [7, 11) is 3.77. The van der Waals surface area contributed by atoms with Crippen molar-refractivity contribution in [2.45, 2.75) is 19.6 Å². The van der Waals surface area contributed by atoms with E-state index in [9.17, 15) is 4.79 Å². The molecule has 0 N–H and O–H groups in total. The number of fused-ring (bicyclic) bond motifs is 1. The van der Waals surface area contributed by atoms with Crippen molar-refractivity contribution in [1.29, 1.82) is 0 Å². The number of hydrogen-bond donors (Lipinski definition) is 0. The van der Waals surface area contributed by atoms with Crippen LogP contribution in [-0.4, -0.2) is 82.3 Å². The Hall–Kier alpha value is -2.45. The second-order valence-corrected chi connectivity index (χ2v) is 7.70. The van der Waals surface area contributed by atoms with Gasteiger partial charge in [0.1, 0.15) is 17.9 Å². The maximum Gasteiger partial charge on any atom is 0.228 e. The lowest BCUT2D eigenvalue weighted by Gasteiger charge is -2.35. The molecular weight excluding hydrogens is 356 g/mol. The van der Waals surface area contributed by atoms with Gasteiger partial charge in [0, 0.05) is 39.3 Å². The van der Waals surface area contributed by atoms with Crippen LogP contribution in [0.1, 0.15) is 11.4 Å². The van der Waals surface area contributed by atoms with Gasteiger partial charge in [-0.05, 0) is 24.7 Å². The summed E-state index contributed by atoms with van der Waals surface area (Å²) in [6.07, 6.45) is 1.59. The molecule has 0 unspecified atom stereocenters. The normalized spacial score (nSPS) is 21.2. The van der Waals surface area contributed by atoms with E-state index in [4.69, 9.17) is 4.74 Å². The van der Waals surface area contributed by atoms with Crippen LogP contribution in [0.3, 0.4) is 0 Å². The van der Waals surface area contributed by atoms with Gasteiger partial charge in [-0.25, -0.2) is 9.67 Å². The van der Waals surface area contributed by atoms with E-state index in [-0.39, 0.29) is 11.8 Å². The second kappa shape index (κ2) is 8.28. The average Bonchev–Trinajstić information content (AvgIpc) is 3.07. The first-order chi connectivity index (χ1) is 13.6. The molecule has 2 aliphatic rings. The number of likely N-dealkylation sites (N-methyl/N-ethyl adjacent to an activating group) is 1. The molecule has 1 atom stereocenters. The third-order valence-electron chi connectivity index (χ3n) is 5.66. The SMILES string of the molecule is COc1ccc(CN2Cc3ncnn3C[C@H](C(=O)N3CCN(C)CC3)C2)cc1. The lowest BCUT2D eigenvalue weighted by molar-refractivity contribution is -0.138. The van der Waals surface area contributed by atoms with Gasteiger partial charge in [-0.1, -0.05) is 12.1 Å². The van der Waals surface area contributed by atoms with E-state index in [1.807, 2.05) is 21.7 Å². The minimum Gasteiger partial charge on any atom is -0.497 e. The Bertz CT molecular complexity index is 797. The van der Waals surface area contributed by atoms with Gasteiger partial charge in [0.05, 0.1) is 26.1 Å². The molecule has 1 saturated heterocycles. The van der Waals surface area contributed by atoms with Crippen LogP contribution in [0.4, 0.5) is 0 Å². The summed E-state index contributed by atoms with van der Waals surface area (Å²) in [5.41, 5.74) is 1.19. The molecule has 8 nitrogen and oxygen atoms in total. The van der Waals surface area contributed by atoms with Crippen molar-refractivity contribution in [3.8, 4) is 5.75 Å². The zero-order chi connectivity index (χ0) is 19.5. The standard InChI is InChI=1S/C20H28N6O2/c1-23-7-9-25(10-8-23)20(27)17-12-24(14-19-21-15-22-26(19)13-17)11-16-3-5-18(28-2)6-4-16/h3-6,15,17H,7-14H2,1-2H3/t17-/m1/s1. The molecule has 2 aromatic rings. The van der Waals surface area contributed by atoms with Crippen molar-refractivity contribution in [2.24, 2.45) is 5.92 Å². The number of hydrogen-bond acceptors (Lipinski definition) is 6. The Kier molecular flexibility index (Phi) is 5.59. The van der Waals surface area contributed by atoms with Crippen LogP contribution >= 0.6 is 0 Å². The van der Waals surface area contributed by atoms with Gasteiger partial charge < -0.3 is 14.5 Å². The summed E-state index contributed by atoms with van der Waals surface area (Å²) >= 11 is 0. The first kappa shape index (κ1) is 18.9. The number of rotatable bonds is 4. The van der Waals surface area contributed by atoms with Crippen molar-refractivity contribution >= 4 is 5.91 Å². The van der Waals surface area contributed by atoms with Crippen LogP contribution in [0.5, 0.6) is 5.75 Å². The highest BCUT2D eigenvalue weighted by Crippen LogP contribution is 2.20. The maximum atomic E-state index is 13.2. The van der Waals surface area contributed by atoms with Gasteiger partial charge in [-0.2, -0.15) is 5.10 Å². The number of aromatic nitrogens is 3. The molecule has 3 heterocycles. The summed E-state index contributed by atoms with van der Waals surface area (Å²) in [6, 6.07) is 8.10. The van der Waals surface area contributed by atoms with Crippen LogP contribution in [-0.2, 0) is 24.4 Å². The fourth-order valence-electron chi connectivity index (χ4n) is 3.96. The molecule has 0 spiro atoms. The summed E-state index contributed by atoms with van der Waals surface area (Å²) in [6.45, 7) is 6.23. The highest BCUT2D eigenvalue weighted by atomic mass is 16.5. The lowest BCUT2D eigenvalue weighted by Crippen LogP contribution is -2.50. The van der Waals surface area contributed by atoms with Crippen LogP contribution in [0.2, 0.25) is 0 Å². The van der Waals surface area contributed by atoms with E-state index in [1.165, 1.54) is 5.56 Å². The minimum atomic E-state index is -0.107. The minimum absolute atomic E-state index is 0.107. The Balaban J connectivity index is 1.50. The van der Waals surface area contributed by atoms with Gasteiger partial charge in [0.15, 0.2) is 0 Å². The lowest BCUT2D eigenvalue weighted by atomic mass is 10.1. The third kappa shape index (κ3) is 4.18. The molecule has 0 aliphatic carbocycles. The van der Waals surface area contributed by atoms with E-state index >= 15 is 0 Å². The fourth-order valence-corrected chi connectivity index (χ4v) is 3.96. The number of benzene rings is 1. The van der Waals surface area contributed by atoms with E-state index < -0.39 is 0 Å². The van der Waals surface area contributed by atoms with E-state index in [1.54, 1.807) is 13.4 Å². The van der Waals surface area contributed by atoms with Gasteiger partial charge in [0.25, 0.3) is 0 Å². The first-order valence-electron chi connectivity index (χ1n) is 9.81. The molecule has 8 heteroatoms. The van der Waals surface area contributed by atoms with Crippen molar-refractivity contribution in [3.05, 3.63) is 42.0 Å². The monoisotopic (exact) mass is 384 g/mol. The van der Waals surface area contributed by atoms with Crippen molar-refractivity contribution in [3.63, 3.8) is 0 Å². The van der Waals surface area contributed by atoms with E-state index in [0.29, 0.717) is 19.6 Å². The van der Waals surface area contributed by atoms with Crippen molar-refractivity contribution in [2.75, 3.05) is 46.9 Å². The van der Waals surface area contributed by atoms with Crippen LogP contribution in [0.15, 0.2) is 30.6 Å². The topological polar surface area (TPSA) is 66.7 Å². The average molecular weight is 384 g/mol. The molecule has 0 radical (unpaired) electrons. The molecule has 0 bridgehead atoms. The summed E-state index contributed by atoms with van der Waals surface area (Å²) in [5, 5.41) is 4.35. The Morgan fingerprint density at radius 1 is 1.14 bits per heavy atom. The Morgan fingerprint density at radius 2 is 1.89 bits per heavy atom. The fraction of sp³-hybridized carbons (Fsp3) is 0.550. The zero-order valence-corrected chi connectivity index (χ0v) is 16.6. The smallest absolute Gasteiger partial charge is 0.228 e. The van der Waals surface area contributed by atoms with Crippen molar-refractivity contribution in [1.82, 2.24) is 29.5 Å². The molecule has 1 aromatic heterocycles. The number of piperazine rings is 1. The molecule has 28 heavy (non-hydrogen) atoms. The molecule has 1 fully saturated rings. The van der Waals surface area contributed by atoms with Crippen LogP contribution in [0, 0.1) is 5.92 Å². The van der Waals surface area contributed by atoms with Crippen LogP contribution < -0.4 is 4.74 Å². The molecular formula is C20H28N6O2. The highest BCUT2D eigenvalue weighted by Gasteiger charge is 2.32. The number of carbonyl (C=O) groups is 1. The van der Waals surface area contributed by atoms with Crippen molar-refractivity contribution < 1.29 is 9.53 Å². The largest absolute Gasteiger partial charge is 0.497 e. The van der Waals surface area contributed by atoms with Gasteiger partial charge in [-0.15, -0.1) is 0 Å². The predicted molar refractivity (Wildman–Crippen MR) is 105 cm³/mol. The highest BCUT2D eigenvalue weighted by molar-refractivity contribution is 5.79. The second-order valence-electron chi connectivity index (χ2n) is 7.70. The molecule has 150 valence electrons. The summed E-state index contributed by atoms with van der Waals surface area (Å²) < 4.78 is 7.15. The predicted octanol–water partition coefficient (Wildman–Crippen LogP) is 0.693. The first-order valence-corrected chi connectivity index (χ1v) is 9.81. The number of ether oxygens (including phenoxy) is 1. The van der Waals surface area contributed by atoms with Gasteiger partial charge >= 0.3 is 0 Å². The molecule has 1 amide bonds. The molecule has 0 saturated carbocycles. The maximum absolute atomic E-state index is 13.2. The van der Waals surface area contributed by atoms with E-state index in [0.717, 1.165) is 44.3 Å². The Labute approximate surface area is 165 Å². The zero-order valence-electron chi connectivity index (χ0n) is 16.6. The number of carbonyl (C=O) groups excluding carboxylic acids is 1. The Morgan fingerprint density at radius 3 is 2.61 bits per heavy atom. The van der Waals surface area contributed by atoms with Gasteiger partial charge in [0.2, 0.25) is 5.91 Å². The van der Waals surface area contributed by atoms with Gasteiger partial charge in [-0.3, -0.25) is 9.69 Å². The molecule has 1 aromatic carbocycles.